The van der Waals surface area contributed by atoms with Crippen LogP contribution >= 0.6 is 21.6 Å². The van der Waals surface area contributed by atoms with Crippen LogP contribution in [0.5, 0.6) is 0 Å². The number of aliphatic carboxylic acids is 4. The summed E-state index contributed by atoms with van der Waals surface area (Å²) >= 11 is 0. The van der Waals surface area contributed by atoms with Crippen molar-refractivity contribution in [3.8, 4) is 0 Å². The molecule has 0 unspecified atom stereocenters. The molecule has 0 saturated heterocycles. The number of carboxylic acid groups (broad SMARTS) is 4. The Labute approximate surface area is 675 Å². The summed E-state index contributed by atoms with van der Waals surface area (Å²) in [5.74, 6) is -20.1. The van der Waals surface area contributed by atoms with E-state index in [9.17, 15) is 164 Å². The summed E-state index contributed by atoms with van der Waals surface area (Å²) in [5, 5.41) is 213. The van der Waals surface area contributed by atoms with Gasteiger partial charge in [-0.3, -0.25) is 67.3 Å². The van der Waals surface area contributed by atoms with Crippen LogP contribution in [0.2, 0.25) is 0 Å². The van der Waals surface area contributed by atoms with E-state index < -0.39 is 321 Å². The smallest absolute Gasteiger partial charge is 0.327 e. The first-order valence-electron chi connectivity index (χ1n) is 35.9. The molecule has 50 nitrogen and oxygen atoms in total. The molecule has 0 saturated carbocycles. The molecule has 0 bridgehead atoms. The number of benzene rings is 1. The molecule has 0 fully saturated rings. The Hall–Kier alpha value is -10.3. The highest BCUT2D eigenvalue weighted by Gasteiger charge is 2.38. The minimum Gasteiger partial charge on any atom is -0.481 e. The van der Waals surface area contributed by atoms with E-state index in [-0.39, 0.29) is 40.7 Å². The maximum absolute atomic E-state index is 14.7. The second-order valence-corrected chi connectivity index (χ2v) is 28.9. The number of H-pyrrole nitrogens is 1. The van der Waals surface area contributed by atoms with Crippen LogP contribution in [0.3, 0.4) is 0 Å². The number of hydrogen-bond acceptors (Lipinski definition) is 37. The number of aliphatic hydroxyl groups excluding tert-OH is 15. The second-order valence-electron chi connectivity index (χ2n) is 26.3. The molecule has 118 heavy (non-hydrogen) atoms. The number of nitrogen functional groups attached to an aromatic ring is 1. The summed E-state index contributed by atoms with van der Waals surface area (Å²) < 4.78 is 0. The summed E-state index contributed by atoms with van der Waals surface area (Å²) in [6.45, 7) is -5.95. The van der Waals surface area contributed by atoms with Gasteiger partial charge in [-0.2, -0.15) is 4.98 Å². The van der Waals surface area contributed by atoms with E-state index in [1.165, 1.54) is 30.5 Å². The van der Waals surface area contributed by atoms with Gasteiger partial charge >= 0.3 is 23.9 Å². The maximum Gasteiger partial charge on any atom is 0.327 e. The molecule has 3 rings (SSSR count). The first kappa shape index (κ1) is 102. The Kier molecular flexibility index (Phi) is 44.8. The van der Waals surface area contributed by atoms with E-state index in [4.69, 9.17) is 10.8 Å². The number of carbonyl (C=O) groups excluding carboxylic acids is 10. The second kappa shape index (κ2) is 51.8. The van der Waals surface area contributed by atoms with Crippen molar-refractivity contribution in [2.24, 2.45) is 0 Å². The van der Waals surface area contributed by atoms with E-state index >= 15 is 0 Å². The number of nitrogens with one attached hydrogen (secondary N) is 12. The molecule has 2 aromatic heterocycles. The molecule has 1 aromatic carbocycles. The molecule has 0 radical (unpaired) electrons. The van der Waals surface area contributed by atoms with Crippen LogP contribution in [0.1, 0.15) is 93.1 Å². The summed E-state index contributed by atoms with van der Waals surface area (Å²) in [5.41, 5.74) is 5.36. The Morgan fingerprint density at radius 1 is 0.432 bits per heavy atom. The van der Waals surface area contributed by atoms with Crippen LogP contribution in [-0.2, 0) is 68.9 Å². The van der Waals surface area contributed by atoms with Crippen LogP contribution in [0, 0.1) is 0 Å². The van der Waals surface area contributed by atoms with Gasteiger partial charge in [0.05, 0.1) is 56.6 Å². The zero-order valence-corrected chi connectivity index (χ0v) is 64.5. The Morgan fingerprint density at radius 3 is 1.13 bits per heavy atom. The first-order chi connectivity index (χ1) is 55.5. The third kappa shape index (κ3) is 35.5. The third-order valence-corrected chi connectivity index (χ3v) is 19.1. The van der Waals surface area contributed by atoms with Gasteiger partial charge in [0.2, 0.25) is 59.1 Å². The lowest BCUT2D eigenvalue weighted by Gasteiger charge is -2.28. The lowest BCUT2D eigenvalue weighted by molar-refractivity contribution is -0.142. The Bertz CT molecular complexity index is 3920. The van der Waals surface area contributed by atoms with Gasteiger partial charge in [0.15, 0.2) is 11.2 Å². The predicted octanol–water partition coefficient (Wildman–Crippen LogP) is -13.4. The van der Waals surface area contributed by atoms with Crippen molar-refractivity contribution < 1.29 is 164 Å². The lowest BCUT2D eigenvalue weighted by atomic mass is 10.0. The van der Waals surface area contributed by atoms with Gasteiger partial charge in [0.25, 0.3) is 11.5 Å². The van der Waals surface area contributed by atoms with Crippen molar-refractivity contribution in [2.45, 2.75) is 199 Å². The molecule has 19 atom stereocenters. The molecule has 0 aliphatic heterocycles. The molecule has 2 heterocycles. The van der Waals surface area contributed by atoms with Crippen molar-refractivity contribution in [1.82, 2.24) is 73.1 Å². The monoisotopic (exact) mass is 1720 g/mol. The van der Waals surface area contributed by atoms with E-state index in [2.05, 4.69) is 78.4 Å². The van der Waals surface area contributed by atoms with Crippen molar-refractivity contribution in [2.75, 3.05) is 62.5 Å². The lowest BCUT2D eigenvalue weighted by Crippen LogP contribution is -2.60. The summed E-state index contributed by atoms with van der Waals surface area (Å²) in [6, 6.07) is -8.88. The number of aromatic amines is 1. The summed E-state index contributed by atoms with van der Waals surface area (Å²) in [6.07, 6.45) is -33.1. The summed E-state index contributed by atoms with van der Waals surface area (Å²) in [4.78, 5) is 215. The van der Waals surface area contributed by atoms with Gasteiger partial charge in [0.1, 0.15) is 97.2 Å². The SMILES string of the molecule is CSSC[C@@H](NC(=O)[C@@H](CCC(=O)NC[C@H](O)[C@@H](O)[C@H](O)[C@H](O)CO)NC(=O)[C@@H](CCC(=O)O)NC(=O)[C@@H](CCC(=O)NC[C@H](O)[C@@H](O)[C@H](O)[C@H](O)CO)NC(=O)[C@@H](CCC(=O)O)NC(=O)[C@@H](CCC(=O)NC[C@H](O)[C@@H](O)[C@H](O)[C@H](O)CO)NC(=O)CC[C@@H](NC(=O)c1ccc(NCc2cnc3nc(N)[nH]c(=O)c3n2)cc1)C(=O)O)C(=O)O. The van der Waals surface area contributed by atoms with Crippen LogP contribution in [0.25, 0.3) is 11.2 Å². The van der Waals surface area contributed by atoms with E-state index in [0.29, 0.717) is 5.69 Å². The molecule has 10 amide bonds. The van der Waals surface area contributed by atoms with Gasteiger partial charge in [-0.1, -0.05) is 21.6 Å². The zero-order valence-electron chi connectivity index (χ0n) is 62.9. The topological polar surface area (TPSA) is 853 Å². The average Bonchev–Trinajstić information content (AvgIpc) is 0.809. The van der Waals surface area contributed by atoms with Gasteiger partial charge in [0, 0.05) is 75.2 Å². The average molecular weight is 1730 g/mol. The molecule has 33 N–H and O–H groups in total. The molecule has 3 aromatic rings. The van der Waals surface area contributed by atoms with Gasteiger partial charge in [-0.15, -0.1) is 0 Å². The quantitative estimate of drug-likeness (QED) is 0.0233. The zero-order chi connectivity index (χ0) is 88.8. The number of anilines is 2. The van der Waals surface area contributed by atoms with E-state index in [1.54, 1.807) is 6.26 Å². The Morgan fingerprint density at radius 2 is 0.771 bits per heavy atom. The number of carbonyl (C=O) groups is 14. The third-order valence-electron chi connectivity index (χ3n) is 17.3. The number of rotatable bonds is 57. The molecule has 0 aliphatic rings. The highest BCUT2D eigenvalue weighted by atomic mass is 33.1. The number of fused-ring (bicyclic) bond motifs is 1. The molecule has 660 valence electrons. The number of aromatic nitrogens is 4. The maximum atomic E-state index is 14.7. The fraction of sp³-hybridized carbons (Fsp3) is 0.606. The van der Waals surface area contributed by atoms with Gasteiger partial charge in [-0.05, 0) is 69.0 Å². The van der Waals surface area contributed by atoms with Crippen LogP contribution < -0.4 is 69.8 Å². The fourth-order valence-corrected chi connectivity index (χ4v) is 11.7. The highest BCUT2D eigenvalue weighted by Crippen LogP contribution is 2.19. The van der Waals surface area contributed by atoms with E-state index in [1.807, 2.05) is 0 Å². The minimum atomic E-state index is -2.24. The number of amides is 10. The van der Waals surface area contributed by atoms with Gasteiger partial charge in [-0.25, -0.2) is 19.6 Å². The number of nitrogens with two attached hydrogens (primary N) is 1. The van der Waals surface area contributed by atoms with Crippen molar-refractivity contribution in [3.63, 3.8) is 0 Å². The van der Waals surface area contributed by atoms with Crippen LogP contribution in [-0.4, -0.2) is 367 Å². The van der Waals surface area contributed by atoms with Crippen LogP contribution in [0.15, 0.2) is 35.3 Å². The predicted molar refractivity (Wildman–Crippen MR) is 403 cm³/mol. The van der Waals surface area contributed by atoms with Gasteiger partial charge < -0.3 is 161 Å². The molecular formula is C66H100N16O34S2. The number of hydrogen-bond donors (Lipinski definition) is 32. The number of nitrogens with zero attached hydrogens (tertiary/aromatic N) is 3. The summed E-state index contributed by atoms with van der Waals surface area (Å²) in [7, 11) is 2.02. The van der Waals surface area contributed by atoms with E-state index in [0.717, 1.165) is 21.6 Å². The van der Waals surface area contributed by atoms with Crippen molar-refractivity contribution in [3.05, 3.63) is 52.1 Å². The minimum absolute atomic E-state index is 0.00245. The first-order valence-corrected chi connectivity index (χ1v) is 38.6. The standard InChI is InChI=1S/C66H100N16O34S2/c1-117-118-26-36(65(115)116)80-62(111)32(8-14-45(94)71-22-39(88)52(102)55(105)42(91)25-85)76-61(110)34(11-17-48(98)99)78-59(108)31(7-13-44(93)70-21-38(87)51(101)54(104)41(90)24-84)75-60(109)33(10-16-47(96)97)77-58(107)30(6-12-43(92)69-20-37(86)50(100)53(103)40(89)23-83)74-46(95)15-9-35(64(113)114)79-57(106)27-2-4-28(5-3-27)68-18-29-19-72-56-49(73-29)63(112)82-66(67)81-56/h2-5,19,30-42,50-55,68,83-91,100-105H,6-18,20-26H2,1H3,(H,69,92)(H,70,93)(H,71,94)(H,74,95)(H,75,109)(H,76,110)(H,77,107)(H,78,108)(H,79,106)(H,80,111)(H,96,97)(H,98,99)(H,113,114)(H,115,116)(H3,67,72,81,82,112)/t30-,31-,32-,33-,34-,35-,36-,37+,38+,39+,40-,41-,42-,50-,51-,52-,53-,54-,55-/m1/s1. The number of aliphatic hydroxyl groups is 15. The highest BCUT2D eigenvalue weighted by molar-refractivity contribution is 8.76. The number of carboxylic acids is 4. The van der Waals surface area contributed by atoms with Crippen LogP contribution in [0.4, 0.5) is 11.6 Å². The van der Waals surface area contributed by atoms with Crippen molar-refractivity contribution in [1.29, 1.82) is 0 Å². The molecular weight excluding hydrogens is 1620 g/mol. The molecule has 52 heteroatoms. The largest absolute Gasteiger partial charge is 0.481 e. The fourth-order valence-electron chi connectivity index (χ4n) is 10.4. The normalized spacial score (nSPS) is 16.2. The Balaban J connectivity index is 2.07. The van der Waals surface area contributed by atoms with Crippen molar-refractivity contribution >= 4 is 127 Å². The molecule has 0 aliphatic carbocycles. The molecule has 0 spiro atoms.